The van der Waals surface area contributed by atoms with E-state index in [9.17, 15) is 8.42 Å². The Labute approximate surface area is 111 Å². The van der Waals surface area contributed by atoms with Gasteiger partial charge >= 0.3 is 0 Å². The van der Waals surface area contributed by atoms with Crippen LogP contribution in [-0.4, -0.2) is 49.0 Å². The standard InChI is InChI=1S/C13H26N2O2S/c1-3-12-5-4-11(2)15(12)13(10-14)6-8-18(16,17)9-7-13/h11-12H,3-10,14H2,1-2H3. The summed E-state index contributed by atoms with van der Waals surface area (Å²) >= 11 is 0. The van der Waals surface area contributed by atoms with Gasteiger partial charge in [0.1, 0.15) is 9.84 Å². The number of nitrogens with zero attached hydrogens (tertiary/aromatic N) is 1. The van der Waals surface area contributed by atoms with E-state index in [4.69, 9.17) is 5.73 Å². The van der Waals surface area contributed by atoms with Gasteiger partial charge in [0.15, 0.2) is 0 Å². The van der Waals surface area contributed by atoms with Crippen LogP contribution in [0.2, 0.25) is 0 Å². The van der Waals surface area contributed by atoms with Gasteiger partial charge in [-0.05, 0) is 39.0 Å². The van der Waals surface area contributed by atoms with Crippen LogP contribution in [0.25, 0.3) is 0 Å². The molecule has 0 bridgehead atoms. The second-order valence-corrected chi connectivity index (χ2v) is 8.28. The molecule has 5 heteroatoms. The molecule has 0 radical (unpaired) electrons. The van der Waals surface area contributed by atoms with Crippen molar-refractivity contribution in [3.05, 3.63) is 0 Å². The molecule has 2 heterocycles. The predicted octanol–water partition coefficient (Wildman–Crippen LogP) is 1.16. The monoisotopic (exact) mass is 274 g/mol. The number of rotatable bonds is 3. The summed E-state index contributed by atoms with van der Waals surface area (Å²) in [4.78, 5) is 2.56. The third kappa shape index (κ3) is 2.45. The molecule has 0 spiro atoms. The zero-order valence-electron chi connectivity index (χ0n) is 11.6. The Kier molecular flexibility index (Phi) is 4.04. The number of nitrogens with two attached hydrogens (primary N) is 1. The van der Waals surface area contributed by atoms with Gasteiger partial charge < -0.3 is 5.73 Å². The topological polar surface area (TPSA) is 63.4 Å². The molecule has 2 aliphatic rings. The maximum absolute atomic E-state index is 11.6. The van der Waals surface area contributed by atoms with E-state index in [1.54, 1.807) is 0 Å². The second kappa shape index (κ2) is 5.10. The molecule has 106 valence electrons. The van der Waals surface area contributed by atoms with Crippen molar-refractivity contribution in [3.63, 3.8) is 0 Å². The first-order valence-corrected chi connectivity index (χ1v) is 8.95. The molecule has 0 amide bonds. The van der Waals surface area contributed by atoms with Crippen molar-refractivity contribution in [2.24, 2.45) is 5.73 Å². The number of hydrogen-bond donors (Lipinski definition) is 1. The van der Waals surface area contributed by atoms with Crippen LogP contribution in [-0.2, 0) is 9.84 Å². The van der Waals surface area contributed by atoms with E-state index in [0.717, 1.165) is 6.42 Å². The van der Waals surface area contributed by atoms with E-state index in [2.05, 4.69) is 18.7 Å². The highest BCUT2D eigenvalue weighted by atomic mass is 32.2. The summed E-state index contributed by atoms with van der Waals surface area (Å²) in [7, 11) is -2.82. The molecule has 2 rings (SSSR count). The summed E-state index contributed by atoms with van der Waals surface area (Å²) in [5.74, 6) is 0.619. The number of sulfone groups is 1. The van der Waals surface area contributed by atoms with E-state index in [1.165, 1.54) is 12.8 Å². The van der Waals surface area contributed by atoms with Gasteiger partial charge in [0.05, 0.1) is 11.5 Å². The molecule has 2 atom stereocenters. The first kappa shape index (κ1) is 14.3. The van der Waals surface area contributed by atoms with E-state index in [-0.39, 0.29) is 5.54 Å². The van der Waals surface area contributed by atoms with Gasteiger partial charge in [0.25, 0.3) is 0 Å². The maximum atomic E-state index is 11.6. The summed E-state index contributed by atoms with van der Waals surface area (Å²) in [6, 6.07) is 1.13. The smallest absolute Gasteiger partial charge is 0.150 e. The summed E-state index contributed by atoms with van der Waals surface area (Å²) < 4.78 is 23.3. The van der Waals surface area contributed by atoms with Crippen LogP contribution in [0.5, 0.6) is 0 Å². The maximum Gasteiger partial charge on any atom is 0.150 e. The average Bonchev–Trinajstić information content (AvgIpc) is 2.72. The fourth-order valence-electron chi connectivity index (χ4n) is 3.81. The minimum atomic E-state index is -2.82. The Morgan fingerprint density at radius 2 is 1.89 bits per heavy atom. The van der Waals surface area contributed by atoms with Crippen molar-refractivity contribution in [2.75, 3.05) is 18.1 Å². The molecule has 0 aromatic rings. The van der Waals surface area contributed by atoms with Gasteiger partial charge in [-0.2, -0.15) is 0 Å². The summed E-state index contributed by atoms with van der Waals surface area (Å²) in [6.07, 6.45) is 5.01. The Bertz CT molecular complexity index is 380. The molecule has 2 fully saturated rings. The normalized spacial score (nSPS) is 35.7. The molecule has 2 saturated heterocycles. The second-order valence-electron chi connectivity index (χ2n) is 5.98. The van der Waals surface area contributed by atoms with Gasteiger partial charge in [-0.15, -0.1) is 0 Å². The fourth-order valence-corrected chi connectivity index (χ4v) is 5.40. The van der Waals surface area contributed by atoms with Gasteiger partial charge in [-0.1, -0.05) is 6.92 Å². The minimum absolute atomic E-state index is 0.0675. The zero-order valence-corrected chi connectivity index (χ0v) is 12.4. The van der Waals surface area contributed by atoms with E-state index in [1.807, 2.05) is 0 Å². The predicted molar refractivity (Wildman–Crippen MR) is 74.3 cm³/mol. The number of hydrogen-bond acceptors (Lipinski definition) is 4. The third-order valence-corrected chi connectivity index (χ3v) is 6.59. The van der Waals surface area contributed by atoms with Gasteiger partial charge in [-0.3, -0.25) is 4.90 Å². The van der Waals surface area contributed by atoms with Crippen molar-refractivity contribution >= 4 is 9.84 Å². The quantitative estimate of drug-likeness (QED) is 0.838. The van der Waals surface area contributed by atoms with E-state index < -0.39 is 9.84 Å². The largest absolute Gasteiger partial charge is 0.329 e. The van der Waals surface area contributed by atoms with E-state index in [0.29, 0.717) is 43.0 Å². The molecule has 0 saturated carbocycles. The van der Waals surface area contributed by atoms with E-state index >= 15 is 0 Å². The molecule has 0 aliphatic carbocycles. The lowest BCUT2D eigenvalue weighted by Gasteiger charge is -2.48. The Balaban J connectivity index is 2.22. The molecule has 2 N–H and O–H groups in total. The highest BCUT2D eigenvalue weighted by Crippen LogP contribution is 2.39. The molecule has 2 aliphatic heterocycles. The zero-order chi connectivity index (χ0) is 13.4. The third-order valence-electron chi connectivity index (χ3n) is 4.94. The van der Waals surface area contributed by atoms with Crippen LogP contribution in [0, 0.1) is 0 Å². The highest BCUT2D eigenvalue weighted by molar-refractivity contribution is 7.91. The Morgan fingerprint density at radius 1 is 1.28 bits per heavy atom. The van der Waals surface area contributed by atoms with Crippen molar-refractivity contribution in [1.29, 1.82) is 0 Å². The van der Waals surface area contributed by atoms with Crippen LogP contribution < -0.4 is 5.73 Å². The molecular formula is C13H26N2O2S. The molecule has 0 aromatic heterocycles. The van der Waals surface area contributed by atoms with Crippen molar-refractivity contribution < 1.29 is 8.42 Å². The van der Waals surface area contributed by atoms with Crippen LogP contribution in [0.15, 0.2) is 0 Å². The van der Waals surface area contributed by atoms with Crippen LogP contribution in [0.1, 0.15) is 46.0 Å². The lowest BCUT2D eigenvalue weighted by Crippen LogP contribution is -2.61. The van der Waals surface area contributed by atoms with Gasteiger partial charge in [0.2, 0.25) is 0 Å². The summed E-state index contributed by atoms with van der Waals surface area (Å²) in [6.45, 7) is 5.07. The molecule has 0 aromatic carbocycles. The van der Waals surface area contributed by atoms with Crippen molar-refractivity contribution in [2.45, 2.75) is 63.6 Å². The summed E-state index contributed by atoms with van der Waals surface area (Å²) in [5.41, 5.74) is 5.98. The van der Waals surface area contributed by atoms with Crippen molar-refractivity contribution in [3.8, 4) is 0 Å². The highest BCUT2D eigenvalue weighted by Gasteiger charge is 2.47. The molecule has 4 nitrogen and oxygen atoms in total. The van der Waals surface area contributed by atoms with Crippen molar-refractivity contribution in [1.82, 2.24) is 4.90 Å². The lowest BCUT2D eigenvalue weighted by molar-refractivity contribution is 0.0373. The summed E-state index contributed by atoms with van der Waals surface area (Å²) in [5, 5.41) is 0. The minimum Gasteiger partial charge on any atom is -0.329 e. The Hall–Kier alpha value is -0.130. The Morgan fingerprint density at radius 3 is 2.39 bits per heavy atom. The average molecular weight is 274 g/mol. The first-order valence-electron chi connectivity index (χ1n) is 7.13. The van der Waals surface area contributed by atoms with Gasteiger partial charge in [-0.25, -0.2) is 8.42 Å². The van der Waals surface area contributed by atoms with Crippen LogP contribution in [0.3, 0.4) is 0 Å². The van der Waals surface area contributed by atoms with Gasteiger partial charge in [0, 0.05) is 24.2 Å². The first-order chi connectivity index (χ1) is 8.44. The molecule has 2 unspecified atom stereocenters. The lowest BCUT2D eigenvalue weighted by atomic mass is 9.88. The number of likely N-dealkylation sites (tertiary alicyclic amines) is 1. The molecular weight excluding hydrogens is 248 g/mol. The SMILES string of the molecule is CCC1CCC(C)N1C1(CN)CCS(=O)(=O)CC1. The van der Waals surface area contributed by atoms with Crippen LogP contribution >= 0.6 is 0 Å². The fraction of sp³-hybridized carbons (Fsp3) is 1.00. The van der Waals surface area contributed by atoms with Crippen LogP contribution in [0.4, 0.5) is 0 Å². The molecule has 18 heavy (non-hydrogen) atoms.